The molecule has 124 valence electrons. The van der Waals surface area contributed by atoms with Crippen LogP contribution in [0.25, 0.3) is 0 Å². The first-order valence-corrected chi connectivity index (χ1v) is 9.30. The van der Waals surface area contributed by atoms with Crippen LogP contribution in [0.4, 0.5) is 0 Å². The van der Waals surface area contributed by atoms with Gasteiger partial charge >= 0.3 is 0 Å². The molecular formula is C19H13Cl2N3S. The summed E-state index contributed by atoms with van der Waals surface area (Å²) in [6, 6.07) is 15.7. The Balaban J connectivity index is 2.08. The van der Waals surface area contributed by atoms with Crippen molar-refractivity contribution in [3.8, 4) is 0 Å². The summed E-state index contributed by atoms with van der Waals surface area (Å²) >= 11 is 13.8. The van der Waals surface area contributed by atoms with E-state index in [9.17, 15) is 0 Å². The quantitative estimate of drug-likeness (QED) is 0.465. The lowest BCUT2D eigenvalue weighted by molar-refractivity contribution is 0.502. The minimum atomic E-state index is -0.647. The van der Waals surface area contributed by atoms with Gasteiger partial charge in [-0.25, -0.2) is 9.97 Å². The fourth-order valence-corrected chi connectivity index (χ4v) is 3.97. The van der Waals surface area contributed by atoms with Crippen LogP contribution in [-0.2, 0) is 5.54 Å². The van der Waals surface area contributed by atoms with E-state index in [4.69, 9.17) is 23.2 Å². The molecule has 2 heterocycles. The first kappa shape index (κ1) is 16.3. The van der Waals surface area contributed by atoms with Crippen molar-refractivity contribution < 1.29 is 0 Å². The third kappa shape index (κ3) is 2.76. The van der Waals surface area contributed by atoms with Crippen LogP contribution in [-0.4, -0.2) is 14.5 Å². The van der Waals surface area contributed by atoms with E-state index in [2.05, 4.69) is 19.9 Å². The van der Waals surface area contributed by atoms with E-state index >= 15 is 0 Å². The van der Waals surface area contributed by atoms with Crippen LogP contribution in [0, 0.1) is 0 Å². The smallest absolute Gasteiger partial charge is 0.139 e. The lowest BCUT2D eigenvalue weighted by atomic mass is 9.80. The third-order valence-corrected chi connectivity index (χ3v) is 5.31. The Morgan fingerprint density at radius 3 is 1.92 bits per heavy atom. The molecule has 4 aromatic rings. The fraction of sp³-hybridized carbons (Fsp3) is 0.0526. The summed E-state index contributed by atoms with van der Waals surface area (Å²) in [6.07, 6.45) is 5.53. The van der Waals surface area contributed by atoms with Crippen LogP contribution in [0.2, 0.25) is 10.0 Å². The molecule has 0 aliphatic carbocycles. The van der Waals surface area contributed by atoms with E-state index in [1.807, 2.05) is 66.6 Å². The zero-order valence-electron chi connectivity index (χ0n) is 13.0. The molecule has 3 nitrogen and oxygen atoms in total. The summed E-state index contributed by atoms with van der Waals surface area (Å²) in [5, 5.41) is 3.44. The Bertz CT molecular complexity index is 865. The van der Waals surface area contributed by atoms with Crippen LogP contribution in [0.5, 0.6) is 0 Å². The second-order valence-electron chi connectivity index (χ2n) is 5.57. The van der Waals surface area contributed by atoms with Gasteiger partial charge in [-0.05, 0) is 35.4 Å². The van der Waals surface area contributed by atoms with Crippen molar-refractivity contribution >= 4 is 34.5 Å². The van der Waals surface area contributed by atoms with Gasteiger partial charge in [0.15, 0.2) is 0 Å². The van der Waals surface area contributed by atoms with Gasteiger partial charge in [-0.2, -0.15) is 0 Å². The molecule has 0 unspecified atom stereocenters. The van der Waals surface area contributed by atoms with Crippen molar-refractivity contribution in [2.24, 2.45) is 0 Å². The number of hydrogen-bond donors (Lipinski definition) is 0. The topological polar surface area (TPSA) is 30.7 Å². The summed E-state index contributed by atoms with van der Waals surface area (Å²) in [6.45, 7) is 0. The zero-order valence-corrected chi connectivity index (χ0v) is 15.3. The highest BCUT2D eigenvalue weighted by molar-refractivity contribution is 7.07. The third-order valence-electron chi connectivity index (χ3n) is 4.22. The van der Waals surface area contributed by atoms with Crippen LogP contribution in [0.3, 0.4) is 0 Å². The largest absolute Gasteiger partial charge is 0.317 e. The Labute approximate surface area is 159 Å². The molecule has 0 saturated heterocycles. The second kappa shape index (κ2) is 6.64. The highest BCUT2D eigenvalue weighted by Crippen LogP contribution is 2.41. The van der Waals surface area contributed by atoms with Gasteiger partial charge in [0.25, 0.3) is 0 Å². The van der Waals surface area contributed by atoms with Crippen molar-refractivity contribution in [1.29, 1.82) is 0 Å². The van der Waals surface area contributed by atoms with Gasteiger partial charge in [-0.15, -0.1) is 11.3 Å². The summed E-state index contributed by atoms with van der Waals surface area (Å²) < 4.78 is 2.06. The zero-order chi connectivity index (χ0) is 17.3. The lowest BCUT2D eigenvalue weighted by Gasteiger charge is -2.35. The molecule has 2 aromatic heterocycles. The highest BCUT2D eigenvalue weighted by Gasteiger charge is 2.40. The summed E-state index contributed by atoms with van der Waals surface area (Å²) in [5.74, 6) is 0. The van der Waals surface area contributed by atoms with Crippen LogP contribution in [0.15, 0.2) is 78.1 Å². The molecular weight excluding hydrogens is 373 g/mol. The maximum Gasteiger partial charge on any atom is 0.139 e. The number of hydrogen-bond acceptors (Lipinski definition) is 3. The summed E-state index contributed by atoms with van der Waals surface area (Å²) in [4.78, 5) is 8.92. The Kier molecular flexibility index (Phi) is 4.34. The van der Waals surface area contributed by atoms with Gasteiger partial charge in [0.1, 0.15) is 5.54 Å². The minimum Gasteiger partial charge on any atom is -0.317 e. The normalized spacial score (nSPS) is 11.6. The molecule has 2 aromatic carbocycles. The molecule has 0 fully saturated rings. The monoisotopic (exact) mass is 385 g/mol. The molecule has 0 N–H and O–H groups in total. The first-order valence-electron chi connectivity index (χ1n) is 7.60. The molecule has 0 spiro atoms. The standard InChI is InChI=1S/C19H13Cl2N3S/c20-16-5-1-14(2-6-16)19(18-11-25-13-23-18,24-10-9-22-12-24)15-3-7-17(21)8-4-15/h1-13H. The minimum absolute atomic E-state index is 0.647. The predicted molar refractivity (Wildman–Crippen MR) is 103 cm³/mol. The fourth-order valence-electron chi connectivity index (χ4n) is 3.12. The maximum atomic E-state index is 6.13. The van der Waals surface area contributed by atoms with Gasteiger partial charge in [0, 0.05) is 27.8 Å². The Morgan fingerprint density at radius 1 is 0.880 bits per heavy atom. The number of rotatable bonds is 4. The number of nitrogens with zero attached hydrogens (tertiary/aromatic N) is 3. The molecule has 0 aliphatic rings. The number of benzene rings is 2. The molecule has 4 rings (SSSR count). The summed E-state index contributed by atoms with van der Waals surface area (Å²) in [7, 11) is 0. The van der Waals surface area contributed by atoms with Gasteiger partial charge in [0.05, 0.1) is 17.5 Å². The Morgan fingerprint density at radius 2 is 1.48 bits per heavy atom. The lowest BCUT2D eigenvalue weighted by Crippen LogP contribution is -2.37. The Hall–Kier alpha value is -2.14. The molecule has 0 aliphatic heterocycles. The average molecular weight is 386 g/mol. The molecule has 0 radical (unpaired) electrons. The van der Waals surface area contributed by atoms with Crippen molar-refractivity contribution in [3.05, 3.63) is 105 Å². The summed E-state index contributed by atoms with van der Waals surface area (Å²) in [5.41, 5.74) is 4.20. The number of aromatic nitrogens is 3. The molecule has 0 atom stereocenters. The molecule has 25 heavy (non-hydrogen) atoms. The number of halogens is 2. The van der Waals surface area contributed by atoms with Crippen LogP contribution in [0.1, 0.15) is 16.8 Å². The molecule has 0 bridgehead atoms. The van der Waals surface area contributed by atoms with Gasteiger partial charge in [-0.1, -0.05) is 47.5 Å². The van der Waals surface area contributed by atoms with Crippen molar-refractivity contribution in [3.63, 3.8) is 0 Å². The van der Waals surface area contributed by atoms with E-state index in [0.29, 0.717) is 10.0 Å². The number of imidazole rings is 1. The highest BCUT2D eigenvalue weighted by atomic mass is 35.5. The molecule has 6 heteroatoms. The van der Waals surface area contributed by atoms with E-state index in [1.165, 1.54) is 0 Å². The second-order valence-corrected chi connectivity index (χ2v) is 7.16. The van der Waals surface area contributed by atoms with E-state index in [1.54, 1.807) is 17.5 Å². The van der Waals surface area contributed by atoms with Crippen LogP contribution >= 0.6 is 34.5 Å². The number of thiazole rings is 1. The van der Waals surface area contributed by atoms with Gasteiger partial charge in [-0.3, -0.25) is 0 Å². The van der Waals surface area contributed by atoms with Crippen LogP contribution < -0.4 is 0 Å². The van der Waals surface area contributed by atoms with Crippen molar-refractivity contribution in [2.75, 3.05) is 0 Å². The van der Waals surface area contributed by atoms with E-state index < -0.39 is 5.54 Å². The van der Waals surface area contributed by atoms with Crippen molar-refractivity contribution in [1.82, 2.24) is 14.5 Å². The van der Waals surface area contributed by atoms with E-state index in [-0.39, 0.29) is 0 Å². The average Bonchev–Trinajstić information content (AvgIpc) is 3.33. The molecule has 0 amide bonds. The van der Waals surface area contributed by atoms with Crippen molar-refractivity contribution in [2.45, 2.75) is 5.54 Å². The predicted octanol–water partition coefficient (Wildman–Crippen LogP) is 5.49. The SMILES string of the molecule is Clc1ccc(C(c2ccc(Cl)cc2)(c2cscn2)n2ccnc2)cc1. The van der Waals surface area contributed by atoms with Gasteiger partial charge in [0.2, 0.25) is 0 Å². The maximum absolute atomic E-state index is 6.13. The van der Waals surface area contributed by atoms with Gasteiger partial charge < -0.3 is 4.57 Å². The molecule has 0 saturated carbocycles. The van der Waals surface area contributed by atoms with E-state index in [0.717, 1.165) is 16.8 Å². The first-order chi connectivity index (χ1) is 12.2.